The van der Waals surface area contributed by atoms with Crippen molar-refractivity contribution in [2.45, 2.75) is 70.5 Å². The molecule has 3 aliphatic rings. The van der Waals surface area contributed by atoms with Gasteiger partial charge in [0.25, 0.3) is 0 Å². The highest BCUT2D eigenvalue weighted by atomic mass is 16.5. The summed E-state index contributed by atoms with van der Waals surface area (Å²) in [6.45, 7) is 5.39. The highest BCUT2D eigenvalue weighted by molar-refractivity contribution is 5.87. The fourth-order valence-electron chi connectivity index (χ4n) is 5.04. The number of hydrogen-bond donors (Lipinski definition) is 1. The van der Waals surface area contributed by atoms with Crippen LogP contribution in [0.3, 0.4) is 0 Å². The van der Waals surface area contributed by atoms with Crippen molar-refractivity contribution in [3.8, 4) is 0 Å². The van der Waals surface area contributed by atoms with Gasteiger partial charge >= 0.3 is 5.97 Å². The smallest absolute Gasteiger partial charge is 0.333 e. The van der Waals surface area contributed by atoms with Crippen LogP contribution in [0.4, 0.5) is 0 Å². The number of rotatable bonds is 2. The first-order valence-electron chi connectivity index (χ1n) is 8.62. The molecule has 0 saturated heterocycles. The predicted molar refractivity (Wildman–Crippen MR) is 81.6 cm³/mol. The van der Waals surface area contributed by atoms with Gasteiger partial charge in [-0.2, -0.15) is 0 Å². The van der Waals surface area contributed by atoms with E-state index in [2.05, 4.69) is 6.58 Å². The average Bonchev–Trinajstić information content (AvgIpc) is 2.48. The van der Waals surface area contributed by atoms with Crippen molar-refractivity contribution in [3.05, 3.63) is 12.2 Å². The number of aliphatic hydroxyl groups excluding tert-OH is 1. The van der Waals surface area contributed by atoms with Gasteiger partial charge in [0.05, 0.1) is 6.10 Å². The number of fused-ring (bicyclic) bond motifs is 2. The topological polar surface area (TPSA) is 46.5 Å². The summed E-state index contributed by atoms with van der Waals surface area (Å²) in [6, 6.07) is 0. The van der Waals surface area contributed by atoms with Gasteiger partial charge in [0.15, 0.2) is 0 Å². The Balaban J connectivity index is 1.74. The SMILES string of the molecule is C=C(C)C(=O)O[C@@H]1CCCC2C1CC1CCCCC1[C@H]2O. The zero-order valence-corrected chi connectivity index (χ0v) is 13.1. The molecule has 0 heterocycles. The van der Waals surface area contributed by atoms with E-state index in [1.165, 1.54) is 25.7 Å². The van der Waals surface area contributed by atoms with Gasteiger partial charge in [-0.1, -0.05) is 25.8 Å². The molecule has 0 aliphatic heterocycles. The summed E-state index contributed by atoms with van der Waals surface area (Å²) in [7, 11) is 0. The Labute approximate surface area is 127 Å². The van der Waals surface area contributed by atoms with Gasteiger partial charge in [-0.3, -0.25) is 0 Å². The first kappa shape index (κ1) is 15.1. The van der Waals surface area contributed by atoms with E-state index in [0.29, 0.717) is 29.2 Å². The van der Waals surface area contributed by atoms with Gasteiger partial charge in [-0.25, -0.2) is 4.79 Å². The highest BCUT2D eigenvalue weighted by Crippen LogP contribution is 2.50. The minimum atomic E-state index is -0.263. The highest BCUT2D eigenvalue weighted by Gasteiger charge is 2.49. The number of esters is 1. The average molecular weight is 292 g/mol. The zero-order valence-electron chi connectivity index (χ0n) is 13.1. The monoisotopic (exact) mass is 292 g/mol. The van der Waals surface area contributed by atoms with Crippen molar-refractivity contribution in [3.63, 3.8) is 0 Å². The third-order valence-electron chi connectivity index (χ3n) is 6.08. The zero-order chi connectivity index (χ0) is 15.0. The summed E-state index contributed by atoms with van der Waals surface area (Å²) in [5, 5.41) is 10.8. The molecule has 0 bridgehead atoms. The van der Waals surface area contributed by atoms with E-state index in [0.717, 1.165) is 25.7 Å². The van der Waals surface area contributed by atoms with E-state index < -0.39 is 0 Å². The fourth-order valence-corrected chi connectivity index (χ4v) is 5.04. The minimum Gasteiger partial charge on any atom is -0.459 e. The molecule has 0 aromatic rings. The standard InChI is InChI=1S/C18H28O3/c1-11(2)18(20)21-16-9-5-8-14-15(16)10-12-6-3-4-7-13(12)17(14)19/h12-17,19H,1,3-10H2,2H3/t12?,13?,14?,15?,16-,17-/m1/s1. The largest absolute Gasteiger partial charge is 0.459 e. The molecular weight excluding hydrogens is 264 g/mol. The Morgan fingerprint density at radius 3 is 2.52 bits per heavy atom. The second-order valence-corrected chi connectivity index (χ2v) is 7.42. The molecule has 3 nitrogen and oxygen atoms in total. The van der Waals surface area contributed by atoms with E-state index in [-0.39, 0.29) is 18.2 Å². The lowest BCUT2D eigenvalue weighted by atomic mass is 9.57. The summed E-state index contributed by atoms with van der Waals surface area (Å²) >= 11 is 0. The summed E-state index contributed by atoms with van der Waals surface area (Å²) in [4.78, 5) is 11.9. The van der Waals surface area contributed by atoms with Crippen molar-refractivity contribution in [2.75, 3.05) is 0 Å². The summed E-state index contributed by atoms with van der Waals surface area (Å²) in [5.74, 6) is 1.56. The van der Waals surface area contributed by atoms with Gasteiger partial charge in [0.2, 0.25) is 0 Å². The molecule has 0 amide bonds. The number of carbonyl (C=O) groups excluding carboxylic acids is 1. The molecule has 3 aliphatic carbocycles. The molecule has 3 rings (SSSR count). The molecule has 3 saturated carbocycles. The first-order valence-corrected chi connectivity index (χ1v) is 8.62. The second kappa shape index (κ2) is 6.12. The normalized spacial score (nSPS) is 42.6. The van der Waals surface area contributed by atoms with E-state index in [4.69, 9.17) is 4.74 Å². The third kappa shape index (κ3) is 2.90. The van der Waals surface area contributed by atoms with Crippen LogP contribution in [0.25, 0.3) is 0 Å². The van der Waals surface area contributed by atoms with Crippen molar-refractivity contribution in [2.24, 2.45) is 23.7 Å². The van der Waals surface area contributed by atoms with E-state index in [1.54, 1.807) is 6.92 Å². The van der Waals surface area contributed by atoms with Crippen LogP contribution in [-0.2, 0) is 9.53 Å². The summed E-state index contributed by atoms with van der Waals surface area (Å²) < 4.78 is 5.70. The van der Waals surface area contributed by atoms with E-state index in [1.807, 2.05) is 0 Å². The Hall–Kier alpha value is -0.830. The molecule has 4 unspecified atom stereocenters. The van der Waals surface area contributed by atoms with Crippen molar-refractivity contribution in [1.29, 1.82) is 0 Å². The lowest BCUT2D eigenvalue weighted by molar-refractivity contribution is -0.161. The molecule has 0 aromatic carbocycles. The van der Waals surface area contributed by atoms with Crippen LogP contribution in [0.1, 0.15) is 58.3 Å². The number of carbonyl (C=O) groups is 1. The van der Waals surface area contributed by atoms with Gasteiger partial charge < -0.3 is 9.84 Å². The fraction of sp³-hybridized carbons (Fsp3) is 0.833. The number of hydrogen-bond acceptors (Lipinski definition) is 3. The predicted octanol–water partition coefficient (Wildman–Crippen LogP) is 3.46. The van der Waals surface area contributed by atoms with Crippen LogP contribution in [0, 0.1) is 23.7 Å². The Bertz CT molecular complexity index is 417. The van der Waals surface area contributed by atoms with E-state index >= 15 is 0 Å². The molecule has 0 spiro atoms. The molecule has 21 heavy (non-hydrogen) atoms. The van der Waals surface area contributed by atoms with Crippen LogP contribution >= 0.6 is 0 Å². The maximum atomic E-state index is 11.9. The summed E-state index contributed by atoms with van der Waals surface area (Å²) in [6.07, 6.45) is 9.04. The molecule has 0 radical (unpaired) electrons. The lowest BCUT2D eigenvalue weighted by Gasteiger charge is -2.51. The van der Waals surface area contributed by atoms with Gasteiger partial charge in [0.1, 0.15) is 6.10 Å². The third-order valence-corrected chi connectivity index (χ3v) is 6.08. The van der Waals surface area contributed by atoms with Crippen molar-refractivity contribution >= 4 is 5.97 Å². The van der Waals surface area contributed by atoms with Crippen LogP contribution in [0.2, 0.25) is 0 Å². The second-order valence-electron chi connectivity index (χ2n) is 7.42. The first-order chi connectivity index (χ1) is 10.1. The molecule has 118 valence electrons. The van der Waals surface area contributed by atoms with Gasteiger partial charge in [0, 0.05) is 11.5 Å². The molecular formula is C18H28O3. The molecule has 6 atom stereocenters. The maximum absolute atomic E-state index is 11.9. The quantitative estimate of drug-likeness (QED) is 0.626. The Morgan fingerprint density at radius 1 is 1.05 bits per heavy atom. The van der Waals surface area contributed by atoms with Crippen LogP contribution in [0.15, 0.2) is 12.2 Å². The number of aliphatic hydroxyl groups is 1. The van der Waals surface area contributed by atoms with Crippen LogP contribution in [0.5, 0.6) is 0 Å². The van der Waals surface area contributed by atoms with Crippen molar-refractivity contribution < 1.29 is 14.6 Å². The Morgan fingerprint density at radius 2 is 1.76 bits per heavy atom. The van der Waals surface area contributed by atoms with Crippen molar-refractivity contribution in [1.82, 2.24) is 0 Å². The molecule has 3 fully saturated rings. The minimum absolute atomic E-state index is 0.00882. The number of ether oxygens (including phenoxy) is 1. The van der Waals surface area contributed by atoms with Gasteiger partial charge in [-0.15, -0.1) is 0 Å². The summed E-state index contributed by atoms with van der Waals surface area (Å²) in [5.41, 5.74) is 0.476. The van der Waals surface area contributed by atoms with Crippen LogP contribution < -0.4 is 0 Å². The Kier molecular flexibility index (Phi) is 4.39. The van der Waals surface area contributed by atoms with Crippen LogP contribution in [-0.4, -0.2) is 23.3 Å². The molecule has 3 heteroatoms. The molecule has 0 aromatic heterocycles. The van der Waals surface area contributed by atoms with E-state index in [9.17, 15) is 9.90 Å². The van der Waals surface area contributed by atoms with Gasteiger partial charge in [-0.05, 0) is 56.8 Å². The molecule has 1 N–H and O–H groups in total. The maximum Gasteiger partial charge on any atom is 0.333 e. The lowest BCUT2D eigenvalue weighted by Crippen LogP contribution is -2.51.